The molecule has 0 saturated heterocycles. The number of hydrogen-bond acceptors (Lipinski definition) is 2. The molecule has 1 N–H and O–H groups in total. The quantitative estimate of drug-likeness (QED) is 0.532. The minimum Gasteiger partial charge on any atom is -0.423 e. The Hall–Kier alpha value is 0.137. The molecule has 0 heterocycles. The zero-order valence-corrected chi connectivity index (χ0v) is 11.5. The number of unbranched alkanes of at least 4 members (excludes halogenated alkanes) is 1. The molecule has 0 aromatic rings. The molecule has 0 aromatic carbocycles. The molecule has 0 radical (unpaired) electrons. The molecule has 0 aliphatic carbocycles. The summed E-state index contributed by atoms with van der Waals surface area (Å²) in [6, 6.07) is 0. The third kappa shape index (κ3) is 22.5. The van der Waals surface area contributed by atoms with E-state index < -0.39 is 0 Å². The van der Waals surface area contributed by atoms with Crippen molar-refractivity contribution in [3.05, 3.63) is 0 Å². The van der Waals surface area contributed by atoms with E-state index in [9.17, 15) is 0 Å². The third-order valence-electron chi connectivity index (χ3n) is 1.39. The van der Waals surface area contributed by atoms with Crippen LogP contribution in [-0.2, 0) is 4.43 Å². The van der Waals surface area contributed by atoms with Crippen molar-refractivity contribution in [2.75, 3.05) is 13.6 Å². The largest absolute Gasteiger partial charge is 0.423 e. The van der Waals surface area contributed by atoms with Crippen LogP contribution in [0, 0.1) is 0 Å². The molecule has 0 saturated carbocycles. The molecule has 3 heteroatoms. The van der Waals surface area contributed by atoms with Crippen LogP contribution in [-0.4, -0.2) is 29.7 Å². The molecule has 2 nitrogen and oxygen atoms in total. The highest BCUT2D eigenvalue weighted by atomic mass is 28.2. The lowest BCUT2D eigenvalue weighted by atomic mass is 10.2. The molecular weight excluding hydrogens is 166 g/mol. The lowest BCUT2D eigenvalue weighted by Crippen LogP contribution is -2.16. The summed E-state index contributed by atoms with van der Waals surface area (Å²) in [7, 11) is 2.83. The first-order valence-electron chi connectivity index (χ1n) is 4.67. The highest BCUT2D eigenvalue weighted by Gasteiger charge is 2.03. The SMILES string of the molecule is CC(C)(C)O[SiH3].CCCCNC. The highest BCUT2D eigenvalue weighted by molar-refractivity contribution is 5.98. The van der Waals surface area contributed by atoms with Crippen molar-refractivity contribution < 1.29 is 4.43 Å². The average Bonchev–Trinajstić information content (AvgIpc) is 2.01. The maximum atomic E-state index is 5.08. The molecule has 0 aliphatic heterocycles. The smallest absolute Gasteiger partial charge is 0.146 e. The molecule has 0 fully saturated rings. The normalized spacial score (nSPS) is 10.8. The summed E-state index contributed by atoms with van der Waals surface area (Å²) in [5, 5.41) is 3.07. The summed E-state index contributed by atoms with van der Waals surface area (Å²) in [5.74, 6) is 0. The van der Waals surface area contributed by atoms with Gasteiger partial charge in [-0.25, -0.2) is 0 Å². The van der Waals surface area contributed by atoms with Gasteiger partial charge >= 0.3 is 0 Å². The fourth-order valence-corrected chi connectivity index (χ4v) is 0.354. The molecule has 0 aliphatic rings. The predicted molar refractivity (Wildman–Crippen MR) is 59.6 cm³/mol. The van der Waals surface area contributed by atoms with Gasteiger partial charge in [0, 0.05) is 5.60 Å². The van der Waals surface area contributed by atoms with Gasteiger partial charge < -0.3 is 9.74 Å². The van der Waals surface area contributed by atoms with Crippen molar-refractivity contribution >= 4 is 10.5 Å². The fourth-order valence-electron chi connectivity index (χ4n) is 0.354. The monoisotopic (exact) mass is 191 g/mol. The molecule has 0 unspecified atom stereocenters. The Morgan fingerprint density at radius 2 is 1.75 bits per heavy atom. The molecule has 12 heavy (non-hydrogen) atoms. The second-order valence-electron chi connectivity index (χ2n) is 3.77. The molecule has 0 amide bonds. The Labute approximate surface area is 80.6 Å². The predicted octanol–water partition coefficient (Wildman–Crippen LogP) is 1.09. The molecule has 0 bridgehead atoms. The molecule has 0 rings (SSSR count). The molecular formula is C9H25NOSi. The van der Waals surface area contributed by atoms with Gasteiger partial charge in [-0.3, -0.25) is 0 Å². The summed E-state index contributed by atoms with van der Waals surface area (Å²) < 4.78 is 5.08. The van der Waals surface area contributed by atoms with Crippen LogP contribution in [0.1, 0.15) is 40.5 Å². The van der Waals surface area contributed by atoms with Crippen LogP contribution in [0.15, 0.2) is 0 Å². The van der Waals surface area contributed by atoms with Gasteiger partial charge in [-0.05, 0) is 40.8 Å². The first-order valence-corrected chi connectivity index (χ1v) is 5.49. The van der Waals surface area contributed by atoms with E-state index in [0.717, 1.165) is 17.0 Å². The lowest BCUT2D eigenvalue weighted by Gasteiger charge is -2.15. The van der Waals surface area contributed by atoms with E-state index in [2.05, 4.69) is 33.0 Å². The summed E-state index contributed by atoms with van der Waals surface area (Å²) in [6.07, 6.45) is 2.59. The Kier molecular flexibility index (Phi) is 11.3. The van der Waals surface area contributed by atoms with Crippen LogP contribution in [0.2, 0.25) is 0 Å². The van der Waals surface area contributed by atoms with Crippen molar-refractivity contribution in [3.63, 3.8) is 0 Å². The first-order chi connectivity index (χ1) is 5.47. The molecule has 76 valence electrons. The molecule has 0 aromatic heterocycles. The van der Waals surface area contributed by atoms with Crippen LogP contribution >= 0.6 is 0 Å². The maximum Gasteiger partial charge on any atom is 0.146 e. The van der Waals surface area contributed by atoms with Gasteiger partial charge in [0.1, 0.15) is 10.5 Å². The Balaban J connectivity index is 0. The van der Waals surface area contributed by atoms with Gasteiger partial charge in [-0.1, -0.05) is 13.3 Å². The molecule has 0 atom stereocenters. The van der Waals surface area contributed by atoms with E-state index in [-0.39, 0.29) is 5.60 Å². The van der Waals surface area contributed by atoms with Crippen LogP contribution in [0.3, 0.4) is 0 Å². The van der Waals surface area contributed by atoms with E-state index in [1.165, 1.54) is 12.8 Å². The van der Waals surface area contributed by atoms with Crippen molar-refractivity contribution in [1.29, 1.82) is 0 Å². The minimum absolute atomic E-state index is 0.103. The van der Waals surface area contributed by atoms with Gasteiger partial charge in [-0.2, -0.15) is 0 Å². The maximum absolute atomic E-state index is 5.08. The Morgan fingerprint density at radius 1 is 1.33 bits per heavy atom. The second-order valence-corrected chi connectivity index (χ2v) is 4.18. The summed E-state index contributed by atoms with van der Waals surface area (Å²) >= 11 is 0. The van der Waals surface area contributed by atoms with Gasteiger partial charge in [0.25, 0.3) is 0 Å². The van der Waals surface area contributed by atoms with Crippen molar-refractivity contribution in [3.8, 4) is 0 Å². The minimum atomic E-state index is 0.103. The van der Waals surface area contributed by atoms with E-state index in [1.54, 1.807) is 0 Å². The number of rotatable bonds is 3. The van der Waals surface area contributed by atoms with Gasteiger partial charge in [-0.15, -0.1) is 0 Å². The summed E-state index contributed by atoms with van der Waals surface area (Å²) in [4.78, 5) is 0. The molecule has 0 spiro atoms. The van der Waals surface area contributed by atoms with Crippen LogP contribution in [0.5, 0.6) is 0 Å². The van der Waals surface area contributed by atoms with Gasteiger partial charge in [0.05, 0.1) is 0 Å². The summed E-state index contributed by atoms with van der Waals surface area (Å²) in [5.41, 5.74) is 0.103. The van der Waals surface area contributed by atoms with Gasteiger partial charge in [0.15, 0.2) is 0 Å². The van der Waals surface area contributed by atoms with Crippen LogP contribution < -0.4 is 5.32 Å². The van der Waals surface area contributed by atoms with E-state index in [1.807, 2.05) is 7.05 Å². The Bertz CT molecular complexity index is 77.1. The third-order valence-corrected chi connectivity index (χ3v) is 2.62. The van der Waals surface area contributed by atoms with Crippen molar-refractivity contribution in [1.82, 2.24) is 5.32 Å². The lowest BCUT2D eigenvalue weighted by molar-refractivity contribution is 0.147. The standard InChI is InChI=1S/C5H13N.C4H12OSi/c1-3-4-5-6-2;1-4(2,3)5-6/h6H,3-5H2,1-2H3;1-3,6H3. The van der Waals surface area contributed by atoms with Crippen molar-refractivity contribution in [2.45, 2.75) is 46.1 Å². The van der Waals surface area contributed by atoms with Crippen LogP contribution in [0.25, 0.3) is 0 Å². The number of hydrogen-bond donors (Lipinski definition) is 1. The van der Waals surface area contributed by atoms with Gasteiger partial charge in [0.2, 0.25) is 0 Å². The second kappa shape index (κ2) is 9.23. The zero-order valence-electron chi connectivity index (χ0n) is 9.53. The topological polar surface area (TPSA) is 21.3 Å². The van der Waals surface area contributed by atoms with E-state index >= 15 is 0 Å². The average molecular weight is 191 g/mol. The van der Waals surface area contributed by atoms with E-state index in [4.69, 9.17) is 4.43 Å². The fraction of sp³-hybridized carbons (Fsp3) is 1.00. The van der Waals surface area contributed by atoms with Crippen LogP contribution in [0.4, 0.5) is 0 Å². The Morgan fingerprint density at radius 3 is 1.83 bits per heavy atom. The van der Waals surface area contributed by atoms with Crippen molar-refractivity contribution in [2.24, 2.45) is 0 Å². The van der Waals surface area contributed by atoms with E-state index in [0.29, 0.717) is 0 Å². The number of nitrogens with one attached hydrogen (secondary N) is 1. The highest BCUT2D eigenvalue weighted by Crippen LogP contribution is 2.01. The first kappa shape index (κ1) is 14.6. The zero-order chi connectivity index (χ0) is 10.0. The summed E-state index contributed by atoms with van der Waals surface area (Å²) in [6.45, 7) is 9.52.